The molecule has 0 radical (unpaired) electrons. The molecule has 0 bridgehead atoms. The van der Waals surface area contributed by atoms with Crippen LogP contribution in [0.4, 0.5) is 0 Å². The average molecular weight is 274 g/mol. The van der Waals surface area contributed by atoms with Crippen molar-refractivity contribution in [1.29, 1.82) is 0 Å². The van der Waals surface area contributed by atoms with Crippen molar-refractivity contribution >= 4 is 11.6 Å². The number of terminal acetylenes is 1. The summed E-state index contributed by atoms with van der Waals surface area (Å²) < 4.78 is 5.32. The van der Waals surface area contributed by atoms with Gasteiger partial charge in [0.1, 0.15) is 5.75 Å². The van der Waals surface area contributed by atoms with Crippen molar-refractivity contribution in [1.82, 2.24) is 5.32 Å². The summed E-state index contributed by atoms with van der Waals surface area (Å²) in [5, 5.41) is 14.2. The summed E-state index contributed by atoms with van der Waals surface area (Å²) in [4.78, 5) is 11.3. The number of hydrogen-bond donors (Lipinski definition) is 2. The highest BCUT2D eigenvalue weighted by atomic mass is 16.5. The number of carbonyl (C=O) groups excluding carboxylic acids is 1. The van der Waals surface area contributed by atoms with Gasteiger partial charge < -0.3 is 15.3 Å². The van der Waals surface area contributed by atoms with Crippen molar-refractivity contribution in [2.24, 2.45) is 5.16 Å². The van der Waals surface area contributed by atoms with Gasteiger partial charge in [0.2, 0.25) is 0 Å². The number of hydrogen-bond acceptors (Lipinski definition) is 4. The number of rotatable bonds is 7. The summed E-state index contributed by atoms with van der Waals surface area (Å²) in [6.07, 6.45) is 6.52. The van der Waals surface area contributed by atoms with Gasteiger partial charge in [0.15, 0.2) is 6.61 Å². The van der Waals surface area contributed by atoms with Gasteiger partial charge in [-0.25, -0.2) is 0 Å². The molecule has 1 amide bonds. The van der Waals surface area contributed by atoms with E-state index in [2.05, 4.69) is 16.4 Å². The van der Waals surface area contributed by atoms with Gasteiger partial charge in [0.25, 0.3) is 5.91 Å². The average Bonchev–Trinajstić information content (AvgIpc) is 2.49. The first-order chi connectivity index (χ1) is 9.65. The summed E-state index contributed by atoms with van der Waals surface area (Å²) in [5.74, 6) is 2.69. The lowest BCUT2D eigenvalue weighted by Crippen LogP contribution is -2.28. The molecule has 0 atom stereocenters. The molecule has 0 unspecified atom stereocenters. The summed E-state index contributed by atoms with van der Waals surface area (Å²) in [6.45, 7) is 1.91. The zero-order valence-corrected chi connectivity index (χ0v) is 11.4. The van der Waals surface area contributed by atoms with Crippen molar-refractivity contribution in [3.63, 3.8) is 0 Å². The number of aryl methyl sites for hydroxylation is 1. The Bertz CT molecular complexity index is 501. The second kappa shape index (κ2) is 8.59. The molecule has 1 aromatic carbocycles. The Balaban J connectivity index is 2.39. The molecule has 0 aliphatic carbocycles. The minimum atomic E-state index is -0.248. The topological polar surface area (TPSA) is 70.9 Å². The van der Waals surface area contributed by atoms with Gasteiger partial charge in [0, 0.05) is 0 Å². The van der Waals surface area contributed by atoms with Gasteiger partial charge in [-0.15, -0.1) is 6.42 Å². The minimum absolute atomic E-state index is 0.0582. The van der Waals surface area contributed by atoms with Gasteiger partial charge in [-0.1, -0.05) is 23.2 Å². The predicted octanol–water partition coefficient (Wildman–Crippen LogP) is 1.60. The largest absolute Gasteiger partial charge is 0.484 e. The zero-order chi connectivity index (χ0) is 14.8. The van der Waals surface area contributed by atoms with E-state index in [0.29, 0.717) is 17.9 Å². The second-order valence-corrected chi connectivity index (χ2v) is 4.25. The Morgan fingerprint density at radius 1 is 1.45 bits per heavy atom. The maximum Gasteiger partial charge on any atom is 0.258 e. The van der Waals surface area contributed by atoms with E-state index in [-0.39, 0.29) is 19.1 Å². The van der Waals surface area contributed by atoms with Crippen LogP contribution < -0.4 is 10.1 Å². The highest BCUT2D eigenvalue weighted by molar-refractivity contribution is 5.81. The Labute approximate surface area is 118 Å². The monoisotopic (exact) mass is 274 g/mol. The first kappa shape index (κ1) is 15.6. The summed E-state index contributed by atoms with van der Waals surface area (Å²) in [6, 6.07) is 7.43. The minimum Gasteiger partial charge on any atom is -0.484 e. The normalized spacial score (nSPS) is 10.7. The summed E-state index contributed by atoms with van der Waals surface area (Å²) in [5.41, 5.74) is 1.80. The van der Waals surface area contributed by atoms with E-state index in [0.717, 1.165) is 12.0 Å². The fraction of sp³-hybridized carbons (Fsp3) is 0.333. The van der Waals surface area contributed by atoms with Crippen LogP contribution in [0.25, 0.3) is 0 Å². The summed E-state index contributed by atoms with van der Waals surface area (Å²) >= 11 is 0. The maximum absolute atomic E-state index is 11.3. The lowest BCUT2D eigenvalue weighted by atomic mass is 10.1. The number of nitrogens with zero attached hydrogens (tertiary/aromatic N) is 1. The van der Waals surface area contributed by atoms with E-state index >= 15 is 0 Å². The SMILES string of the molecule is C#CCNC(=O)COc1ccc(CC/C(C)=N/O)cc1. The van der Waals surface area contributed by atoms with E-state index in [1.165, 1.54) is 0 Å². The molecule has 106 valence electrons. The third kappa shape index (κ3) is 5.91. The first-order valence-electron chi connectivity index (χ1n) is 6.25. The first-order valence-corrected chi connectivity index (χ1v) is 6.25. The maximum atomic E-state index is 11.3. The van der Waals surface area contributed by atoms with Crippen molar-refractivity contribution in [2.45, 2.75) is 19.8 Å². The molecule has 0 spiro atoms. The molecule has 0 aromatic heterocycles. The Morgan fingerprint density at radius 3 is 2.75 bits per heavy atom. The van der Waals surface area contributed by atoms with Crippen LogP contribution in [0.1, 0.15) is 18.9 Å². The summed E-state index contributed by atoms with van der Waals surface area (Å²) in [7, 11) is 0. The highest BCUT2D eigenvalue weighted by Gasteiger charge is 2.02. The lowest BCUT2D eigenvalue weighted by Gasteiger charge is -2.07. The molecule has 0 heterocycles. The van der Waals surface area contributed by atoms with E-state index in [9.17, 15) is 4.79 Å². The third-order valence-corrected chi connectivity index (χ3v) is 2.63. The molecule has 0 saturated carbocycles. The van der Waals surface area contributed by atoms with Crippen LogP contribution >= 0.6 is 0 Å². The van der Waals surface area contributed by atoms with Crippen molar-refractivity contribution < 1.29 is 14.7 Å². The van der Waals surface area contributed by atoms with Crippen LogP contribution in [-0.4, -0.2) is 30.0 Å². The Hall–Kier alpha value is -2.48. The van der Waals surface area contributed by atoms with Gasteiger partial charge in [-0.05, 0) is 37.5 Å². The van der Waals surface area contributed by atoms with Crippen LogP contribution in [0.2, 0.25) is 0 Å². The fourth-order valence-electron chi connectivity index (χ4n) is 1.48. The molecule has 1 aromatic rings. The number of nitrogens with one attached hydrogen (secondary N) is 1. The molecule has 2 N–H and O–H groups in total. The van der Waals surface area contributed by atoms with Gasteiger partial charge in [-0.2, -0.15) is 0 Å². The number of oxime groups is 1. The molecular formula is C15H18N2O3. The highest BCUT2D eigenvalue weighted by Crippen LogP contribution is 2.13. The molecule has 0 aliphatic heterocycles. The van der Waals surface area contributed by atoms with Crippen LogP contribution in [-0.2, 0) is 11.2 Å². The van der Waals surface area contributed by atoms with Gasteiger partial charge >= 0.3 is 0 Å². The van der Waals surface area contributed by atoms with E-state index in [1.54, 1.807) is 19.1 Å². The molecular weight excluding hydrogens is 256 g/mol. The smallest absolute Gasteiger partial charge is 0.258 e. The Kier molecular flexibility index (Phi) is 6.69. The predicted molar refractivity (Wildman–Crippen MR) is 77.0 cm³/mol. The van der Waals surface area contributed by atoms with Gasteiger partial charge in [-0.3, -0.25) is 4.79 Å². The van der Waals surface area contributed by atoms with E-state index < -0.39 is 0 Å². The van der Waals surface area contributed by atoms with Crippen LogP contribution in [0, 0.1) is 12.3 Å². The lowest BCUT2D eigenvalue weighted by molar-refractivity contribution is -0.122. The number of amides is 1. The van der Waals surface area contributed by atoms with E-state index in [4.69, 9.17) is 16.4 Å². The molecule has 1 rings (SSSR count). The quantitative estimate of drug-likeness (QED) is 0.343. The van der Waals surface area contributed by atoms with Crippen LogP contribution in [0.3, 0.4) is 0 Å². The van der Waals surface area contributed by atoms with Crippen molar-refractivity contribution in [3.05, 3.63) is 29.8 Å². The molecule has 5 heteroatoms. The fourth-order valence-corrected chi connectivity index (χ4v) is 1.48. The van der Waals surface area contributed by atoms with Gasteiger partial charge in [0.05, 0.1) is 12.3 Å². The second-order valence-electron chi connectivity index (χ2n) is 4.25. The van der Waals surface area contributed by atoms with Crippen LogP contribution in [0.15, 0.2) is 29.4 Å². The number of ether oxygens (including phenoxy) is 1. The molecule has 0 saturated heterocycles. The molecule has 20 heavy (non-hydrogen) atoms. The van der Waals surface area contributed by atoms with Crippen LogP contribution in [0.5, 0.6) is 5.75 Å². The Morgan fingerprint density at radius 2 is 2.15 bits per heavy atom. The number of carbonyl (C=O) groups is 1. The van der Waals surface area contributed by atoms with Crippen molar-refractivity contribution in [2.75, 3.05) is 13.2 Å². The van der Waals surface area contributed by atoms with E-state index in [1.807, 2.05) is 12.1 Å². The number of benzene rings is 1. The molecule has 0 fully saturated rings. The molecule has 0 aliphatic rings. The van der Waals surface area contributed by atoms with Crippen molar-refractivity contribution in [3.8, 4) is 18.1 Å². The zero-order valence-electron chi connectivity index (χ0n) is 11.4. The molecule has 5 nitrogen and oxygen atoms in total. The standard InChI is InChI=1S/C15H18N2O3/c1-3-10-16-15(18)11-20-14-8-6-13(7-9-14)5-4-12(2)17-19/h1,6-9,19H,4-5,10-11H2,2H3,(H,16,18)/b17-12+. The third-order valence-electron chi connectivity index (χ3n) is 2.63.